The van der Waals surface area contributed by atoms with Crippen molar-refractivity contribution in [3.63, 3.8) is 0 Å². The number of halogens is 2. The predicted molar refractivity (Wildman–Crippen MR) is 46.1 cm³/mol. The van der Waals surface area contributed by atoms with Crippen molar-refractivity contribution in [2.45, 2.75) is 26.7 Å². The minimum atomic E-state index is -0.763. The third-order valence-electron chi connectivity index (χ3n) is 1.65. The smallest absolute Gasteiger partial charge is 1.00 e. The average Bonchev–Trinajstić information content (AvgIpc) is 2.14. The molecule has 0 aromatic rings. The zero-order chi connectivity index (χ0) is 10.4. The molecule has 0 spiro atoms. The fraction of sp³-hybridized carbons (Fsp3) is 0.750. The van der Waals surface area contributed by atoms with Crippen molar-refractivity contribution in [2.24, 2.45) is 0 Å². The summed E-state index contributed by atoms with van der Waals surface area (Å²) in [6.07, 6.45) is 1.02. The molecule has 0 N–H and O–H groups in total. The van der Waals surface area contributed by atoms with Gasteiger partial charge in [0.25, 0.3) is 0 Å². The molecule has 0 aliphatic heterocycles. The number of amides is 2. The first-order valence-electron chi connectivity index (χ1n) is 4.32. The van der Waals surface area contributed by atoms with Crippen LogP contribution in [0.1, 0.15) is 26.7 Å². The van der Waals surface area contributed by atoms with Crippen LogP contribution in [0.25, 0.3) is 0 Å². The number of nitrogens with zero attached hydrogens (tertiary/aromatic N) is 2. The molecule has 0 saturated carbocycles. The van der Waals surface area contributed by atoms with Gasteiger partial charge in [0.15, 0.2) is 0 Å². The first kappa shape index (κ1) is 20.6. The van der Waals surface area contributed by atoms with Crippen LogP contribution in [0.3, 0.4) is 0 Å². The maximum atomic E-state index is 11.2. The Labute approximate surface area is 113 Å². The monoisotopic (exact) mass is 290 g/mol. The Morgan fingerprint density at radius 1 is 0.933 bits per heavy atom. The molecule has 2 amide bonds. The summed E-state index contributed by atoms with van der Waals surface area (Å²) in [4.78, 5) is 22.4. The van der Waals surface area contributed by atoms with E-state index >= 15 is 0 Å². The fourth-order valence-electron chi connectivity index (χ4n) is 0.811. The van der Waals surface area contributed by atoms with E-state index in [2.05, 4.69) is 0 Å². The van der Waals surface area contributed by atoms with Crippen LogP contribution in [-0.2, 0) is 29.3 Å². The molecule has 0 heterocycles. The van der Waals surface area contributed by atoms with E-state index in [1.165, 1.54) is 0 Å². The molecule has 0 aliphatic carbocycles. The van der Waals surface area contributed by atoms with Gasteiger partial charge in [-0.05, 0) is 0 Å². The summed E-state index contributed by atoms with van der Waals surface area (Å²) in [5.41, 5.74) is 0. The van der Waals surface area contributed by atoms with Gasteiger partial charge < -0.3 is 24.8 Å². The topological polar surface area (TPSA) is 40.6 Å². The summed E-state index contributed by atoms with van der Waals surface area (Å²) in [6.45, 7) is 3.65. The zero-order valence-corrected chi connectivity index (χ0v) is 12.5. The van der Waals surface area contributed by atoms with Crippen molar-refractivity contribution in [3.05, 3.63) is 0 Å². The largest absolute Gasteiger partial charge is 1.00 e. The van der Waals surface area contributed by atoms with Crippen molar-refractivity contribution in [2.75, 3.05) is 14.1 Å². The Hall–Kier alpha value is 0.234. The molecule has 88 valence electrons. The van der Waals surface area contributed by atoms with Gasteiger partial charge in [0.1, 0.15) is 0 Å². The molecule has 0 unspecified atom stereocenters. The van der Waals surface area contributed by atoms with E-state index in [1.54, 1.807) is 20.9 Å². The first-order chi connectivity index (χ1) is 6.02. The van der Waals surface area contributed by atoms with E-state index < -0.39 is 19.7 Å². The maximum absolute atomic E-state index is 11.2. The average molecular weight is 291 g/mol. The van der Waals surface area contributed by atoms with Gasteiger partial charge in [0, 0.05) is 0 Å². The Balaban J connectivity index is -0.000000720. The third-order valence-corrected chi connectivity index (χ3v) is 3.37. The summed E-state index contributed by atoms with van der Waals surface area (Å²) in [6, 6.07) is 0. The number of carbonyl (C=O) groups excluding carboxylic acids is 2. The summed E-state index contributed by atoms with van der Waals surface area (Å²) in [5, 5.41) is 0. The van der Waals surface area contributed by atoms with E-state index in [0.717, 1.165) is 0 Å². The molecule has 15 heavy (non-hydrogen) atoms. The number of rotatable bonds is 4. The SMILES string of the molecule is CCC(=O)[N](C)[Ti+2][N](C)C(=O)CC.[Cl-].[Cl-]. The van der Waals surface area contributed by atoms with Crippen LogP contribution in [0, 0.1) is 0 Å². The Morgan fingerprint density at radius 3 is 1.40 bits per heavy atom. The molecule has 4 nitrogen and oxygen atoms in total. The minimum absolute atomic E-state index is 0. The van der Waals surface area contributed by atoms with Crippen molar-refractivity contribution in [3.8, 4) is 0 Å². The van der Waals surface area contributed by atoms with Crippen LogP contribution in [0.5, 0.6) is 0 Å². The first-order valence-corrected chi connectivity index (χ1v) is 5.72. The van der Waals surface area contributed by atoms with E-state index in [9.17, 15) is 9.59 Å². The van der Waals surface area contributed by atoms with Crippen LogP contribution in [0.15, 0.2) is 0 Å². The fourth-order valence-corrected chi connectivity index (χ4v) is 2.36. The van der Waals surface area contributed by atoms with Gasteiger partial charge in [-0.2, -0.15) is 0 Å². The molecular formula is C8H16Cl2N2O2Ti. The normalized spacial score (nSPS) is 7.73. The molecule has 0 aliphatic rings. The second-order valence-corrected chi connectivity index (χ2v) is 5.12. The predicted octanol–water partition coefficient (Wildman–Crippen LogP) is -5.36. The zero-order valence-electron chi connectivity index (χ0n) is 9.38. The van der Waals surface area contributed by atoms with E-state index in [0.29, 0.717) is 12.8 Å². The molecule has 0 bridgehead atoms. The van der Waals surface area contributed by atoms with Crippen molar-refractivity contribution in [1.29, 1.82) is 0 Å². The Kier molecular flexibility index (Phi) is 14.8. The van der Waals surface area contributed by atoms with E-state index in [1.807, 2.05) is 13.8 Å². The van der Waals surface area contributed by atoms with Gasteiger partial charge in [-0.3, -0.25) is 0 Å². The maximum Gasteiger partial charge on any atom is -1.00 e. The van der Waals surface area contributed by atoms with Crippen LogP contribution >= 0.6 is 0 Å². The summed E-state index contributed by atoms with van der Waals surface area (Å²) in [7, 11) is 3.51. The summed E-state index contributed by atoms with van der Waals surface area (Å²) < 4.78 is 3.35. The van der Waals surface area contributed by atoms with Gasteiger partial charge >= 0.3 is 88.6 Å². The molecule has 7 heteroatoms. The molecular weight excluding hydrogens is 275 g/mol. The van der Waals surface area contributed by atoms with Crippen LogP contribution in [0.2, 0.25) is 0 Å². The molecule has 0 saturated heterocycles. The molecule has 0 atom stereocenters. The standard InChI is InChI=1S/2C4H9NO.2ClH.Ti/c2*1-3-4(6)5-2;;;/h2*3H2,1-2H3,(H,5,6);2*1H;/q;;;;+4/p-4. The third kappa shape index (κ3) is 8.08. The van der Waals surface area contributed by atoms with Gasteiger partial charge in [-0.25, -0.2) is 0 Å². The van der Waals surface area contributed by atoms with Crippen LogP contribution in [0.4, 0.5) is 0 Å². The summed E-state index contributed by atoms with van der Waals surface area (Å²) >= 11 is -0.763. The van der Waals surface area contributed by atoms with Crippen molar-refractivity contribution >= 4 is 11.8 Å². The second-order valence-electron chi connectivity index (χ2n) is 2.71. The molecule has 0 fully saturated rings. The van der Waals surface area contributed by atoms with Crippen molar-refractivity contribution in [1.82, 2.24) is 6.76 Å². The molecule has 0 rings (SSSR count). The molecule has 0 aromatic carbocycles. The Morgan fingerprint density at radius 2 is 1.20 bits per heavy atom. The van der Waals surface area contributed by atoms with Crippen LogP contribution < -0.4 is 24.8 Å². The second kappa shape index (κ2) is 10.7. The number of hydrogen-bond donors (Lipinski definition) is 0. The van der Waals surface area contributed by atoms with E-state index in [-0.39, 0.29) is 36.6 Å². The van der Waals surface area contributed by atoms with Gasteiger partial charge in [-0.1, -0.05) is 0 Å². The summed E-state index contributed by atoms with van der Waals surface area (Å²) in [5.74, 6) is 0.214. The van der Waals surface area contributed by atoms with Crippen LogP contribution in [-0.4, -0.2) is 32.7 Å². The van der Waals surface area contributed by atoms with E-state index in [4.69, 9.17) is 0 Å². The quantitative estimate of drug-likeness (QED) is 0.485. The molecule has 0 radical (unpaired) electrons. The number of carbonyl (C=O) groups is 2. The van der Waals surface area contributed by atoms with Gasteiger partial charge in [0.05, 0.1) is 0 Å². The molecule has 0 aromatic heterocycles. The number of hydrogen-bond acceptors (Lipinski definition) is 2. The van der Waals surface area contributed by atoms with Gasteiger partial charge in [0.2, 0.25) is 0 Å². The Bertz CT molecular complexity index is 185. The minimum Gasteiger partial charge on any atom is -1.00 e. The van der Waals surface area contributed by atoms with Gasteiger partial charge in [-0.15, -0.1) is 0 Å². The van der Waals surface area contributed by atoms with Crippen molar-refractivity contribution < 1.29 is 54.1 Å².